The van der Waals surface area contributed by atoms with Gasteiger partial charge in [0.15, 0.2) is 0 Å². The van der Waals surface area contributed by atoms with Gasteiger partial charge in [-0.1, -0.05) is 24.3 Å². The van der Waals surface area contributed by atoms with Crippen LogP contribution in [-0.4, -0.2) is 49.9 Å². The second kappa shape index (κ2) is 7.91. The maximum atomic E-state index is 13.2. The number of hydrogen-bond acceptors (Lipinski definition) is 5. The summed E-state index contributed by atoms with van der Waals surface area (Å²) < 4.78 is 7.62. The fourth-order valence-electron chi connectivity index (χ4n) is 4.75. The van der Waals surface area contributed by atoms with Crippen LogP contribution in [0.4, 0.5) is 0 Å². The largest absolute Gasteiger partial charge is 0.457 e. The summed E-state index contributed by atoms with van der Waals surface area (Å²) >= 11 is 0. The first-order chi connectivity index (χ1) is 14.7. The van der Waals surface area contributed by atoms with Crippen LogP contribution in [0.2, 0.25) is 0 Å². The quantitative estimate of drug-likeness (QED) is 0.723. The number of fused-ring (bicyclic) bond motifs is 1. The SMILES string of the molecule is O=C(c1cccc(Oc2ccccc2)c1)N1C[C@H]2C[C@@H](n3cncn3)[C@H](O)C[C@H]2C1. The van der Waals surface area contributed by atoms with Gasteiger partial charge >= 0.3 is 0 Å². The predicted octanol–water partition coefficient (Wildman–Crippen LogP) is 3.15. The van der Waals surface area contributed by atoms with E-state index in [-0.39, 0.29) is 11.9 Å². The lowest BCUT2D eigenvalue weighted by Crippen LogP contribution is -2.36. The standard InChI is InChI=1S/C23H24N4O3/c28-22-11-18-13-26(12-17(18)10-21(22)27-15-24-14-25-27)23(29)16-5-4-8-20(9-16)30-19-6-2-1-3-7-19/h1-9,14-15,17-18,21-22,28H,10-13H2/t17-,18+,21-,22-/m1/s1. The lowest BCUT2D eigenvalue weighted by Gasteiger charge is -2.34. The van der Waals surface area contributed by atoms with Crippen LogP contribution in [-0.2, 0) is 0 Å². The van der Waals surface area contributed by atoms with E-state index in [9.17, 15) is 9.90 Å². The highest BCUT2D eigenvalue weighted by Gasteiger charge is 2.44. The second-order valence-corrected chi connectivity index (χ2v) is 8.15. The van der Waals surface area contributed by atoms with E-state index in [4.69, 9.17) is 4.74 Å². The molecule has 7 nitrogen and oxygen atoms in total. The van der Waals surface area contributed by atoms with Crippen LogP contribution < -0.4 is 4.74 Å². The summed E-state index contributed by atoms with van der Waals surface area (Å²) in [6.45, 7) is 1.37. The predicted molar refractivity (Wildman–Crippen MR) is 110 cm³/mol. The zero-order chi connectivity index (χ0) is 20.5. The molecule has 1 aliphatic carbocycles. The summed E-state index contributed by atoms with van der Waals surface area (Å²) in [7, 11) is 0. The molecule has 1 saturated carbocycles. The van der Waals surface area contributed by atoms with Gasteiger partial charge in [-0.05, 0) is 55.0 Å². The molecule has 1 N–H and O–H groups in total. The molecule has 30 heavy (non-hydrogen) atoms. The molecule has 154 valence electrons. The highest BCUT2D eigenvalue weighted by Crippen LogP contribution is 2.41. The minimum Gasteiger partial charge on any atom is -0.457 e. The molecule has 1 aliphatic heterocycles. The molecule has 2 aromatic carbocycles. The zero-order valence-electron chi connectivity index (χ0n) is 16.5. The highest BCUT2D eigenvalue weighted by atomic mass is 16.5. The van der Waals surface area contributed by atoms with E-state index in [0.29, 0.717) is 42.7 Å². The van der Waals surface area contributed by atoms with Crippen molar-refractivity contribution < 1.29 is 14.6 Å². The number of likely N-dealkylation sites (tertiary alicyclic amines) is 1. The first-order valence-electron chi connectivity index (χ1n) is 10.3. The second-order valence-electron chi connectivity index (χ2n) is 8.15. The van der Waals surface area contributed by atoms with E-state index < -0.39 is 6.10 Å². The fourth-order valence-corrected chi connectivity index (χ4v) is 4.75. The Morgan fingerprint density at radius 2 is 1.77 bits per heavy atom. The molecule has 4 atom stereocenters. The summed E-state index contributed by atoms with van der Waals surface area (Å²) in [5.41, 5.74) is 0.621. The van der Waals surface area contributed by atoms with Crippen LogP contribution in [0.3, 0.4) is 0 Å². The summed E-state index contributed by atoms with van der Waals surface area (Å²) in [6, 6.07) is 16.8. The third-order valence-corrected chi connectivity index (χ3v) is 6.23. The number of aliphatic hydroxyl groups excluding tert-OH is 1. The third-order valence-electron chi connectivity index (χ3n) is 6.23. The van der Waals surface area contributed by atoms with Crippen molar-refractivity contribution in [3.63, 3.8) is 0 Å². The van der Waals surface area contributed by atoms with Crippen molar-refractivity contribution >= 4 is 5.91 Å². The number of carbonyl (C=O) groups is 1. The third kappa shape index (κ3) is 3.68. The van der Waals surface area contributed by atoms with Crippen LogP contribution in [0.1, 0.15) is 29.2 Å². The molecule has 0 bridgehead atoms. The lowest BCUT2D eigenvalue weighted by molar-refractivity contribution is 0.0304. The van der Waals surface area contributed by atoms with Gasteiger partial charge in [-0.25, -0.2) is 9.67 Å². The van der Waals surface area contributed by atoms with Crippen LogP contribution in [0.5, 0.6) is 11.5 Å². The van der Waals surface area contributed by atoms with Crippen LogP contribution >= 0.6 is 0 Å². The highest BCUT2D eigenvalue weighted by molar-refractivity contribution is 5.94. The Labute approximate surface area is 174 Å². The van der Waals surface area contributed by atoms with Crippen molar-refractivity contribution in [2.45, 2.75) is 25.0 Å². The Hall–Kier alpha value is -3.19. The molecule has 3 aromatic rings. The van der Waals surface area contributed by atoms with Crippen molar-refractivity contribution in [2.24, 2.45) is 11.8 Å². The summed E-state index contributed by atoms with van der Waals surface area (Å²) in [6.07, 6.45) is 4.16. The van der Waals surface area contributed by atoms with Crippen molar-refractivity contribution in [1.82, 2.24) is 19.7 Å². The van der Waals surface area contributed by atoms with E-state index in [1.165, 1.54) is 6.33 Å². The normalized spacial score (nSPS) is 25.7. The van der Waals surface area contributed by atoms with Gasteiger partial charge in [-0.15, -0.1) is 0 Å². The average molecular weight is 404 g/mol. The topological polar surface area (TPSA) is 80.5 Å². The van der Waals surface area contributed by atoms with Crippen molar-refractivity contribution in [2.75, 3.05) is 13.1 Å². The number of aliphatic hydroxyl groups is 1. The van der Waals surface area contributed by atoms with E-state index in [1.54, 1.807) is 17.1 Å². The van der Waals surface area contributed by atoms with Gasteiger partial charge in [0.1, 0.15) is 24.2 Å². The molecule has 0 unspecified atom stereocenters. The molecule has 1 saturated heterocycles. The smallest absolute Gasteiger partial charge is 0.254 e. The molecule has 7 heteroatoms. The number of rotatable bonds is 4. The molecule has 0 radical (unpaired) electrons. The Bertz CT molecular complexity index is 1010. The lowest BCUT2D eigenvalue weighted by atomic mass is 9.77. The molecular formula is C23H24N4O3. The Morgan fingerprint density at radius 3 is 2.53 bits per heavy atom. The van der Waals surface area contributed by atoms with Gasteiger partial charge in [0.2, 0.25) is 0 Å². The summed E-state index contributed by atoms with van der Waals surface area (Å²) in [5.74, 6) is 2.06. The minimum absolute atomic E-state index is 0.00899. The fraction of sp³-hybridized carbons (Fsp3) is 0.348. The maximum absolute atomic E-state index is 13.2. The summed E-state index contributed by atoms with van der Waals surface area (Å²) in [4.78, 5) is 19.1. The number of hydrogen-bond donors (Lipinski definition) is 1. The zero-order valence-corrected chi connectivity index (χ0v) is 16.5. The van der Waals surface area contributed by atoms with Crippen LogP contribution in [0.15, 0.2) is 67.3 Å². The van der Waals surface area contributed by atoms with Gasteiger partial charge in [0, 0.05) is 18.7 Å². The molecule has 2 fully saturated rings. The Morgan fingerprint density at radius 1 is 1.00 bits per heavy atom. The van der Waals surface area contributed by atoms with E-state index in [2.05, 4.69) is 10.1 Å². The maximum Gasteiger partial charge on any atom is 0.254 e. The molecule has 2 heterocycles. The van der Waals surface area contributed by atoms with E-state index in [1.807, 2.05) is 53.4 Å². The number of aromatic nitrogens is 3. The van der Waals surface area contributed by atoms with Gasteiger partial charge in [0.05, 0.1) is 12.1 Å². The molecule has 0 spiro atoms. The number of ether oxygens (including phenoxy) is 1. The summed E-state index contributed by atoms with van der Waals surface area (Å²) in [5, 5.41) is 14.8. The Balaban J connectivity index is 1.28. The monoisotopic (exact) mass is 404 g/mol. The average Bonchev–Trinajstić information content (AvgIpc) is 3.43. The number of amides is 1. The first-order valence-corrected chi connectivity index (χ1v) is 10.3. The van der Waals surface area contributed by atoms with Gasteiger partial charge in [-0.3, -0.25) is 4.79 Å². The number of nitrogens with zero attached hydrogens (tertiary/aromatic N) is 4. The van der Waals surface area contributed by atoms with E-state index >= 15 is 0 Å². The molecule has 1 amide bonds. The van der Waals surface area contributed by atoms with Crippen LogP contribution in [0, 0.1) is 11.8 Å². The molecular weight excluding hydrogens is 380 g/mol. The molecule has 1 aromatic heterocycles. The number of benzene rings is 2. The van der Waals surface area contributed by atoms with Crippen molar-refractivity contribution in [1.29, 1.82) is 0 Å². The van der Waals surface area contributed by atoms with Gasteiger partial charge < -0.3 is 14.7 Å². The Kier molecular flexibility index (Phi) is 4.96. The van der Waals surface area contributed by atoms with Gasteiger partial charge in [-0.2, -0.15) is 5.10 Å². The van der Waals surface area contributed by atoms with Crippen molar-refractivity contribution in [3.05, 3.63) is 72.8 Å². The number of para-hydroxylation sites is 1. The first kappa shape index (κ1) is 18.8. The number of carbonyl (C=O) groups excluding carboxylic acids is 1. The molecule has 2 aliphatic rings. The van der Waals surface area contributed by atoms with E-state index in [0.717, 1.165) is 12.2 Å². The van der Waals surface area contributed by atoms with Crippen LogP contribution in [0.25, 0.3) is 0 Å². The van der Waals surface area contributed by atoms with Gasteiger partial charge in [0.25, 0.3) is 5.91 Å². The van der Waals surface area contributed by atoms with Crippen molar-refractivity contribution in [3.8, 4) is 11.5 Å². The molecule has 5 rings (SSSR count). The minimum atomic E-state index is -0.467.